The monoisotopic (exact) mass is 259 g/mol. The second kappa shape index (κ2) is 5.44. The van der Waals surface area contributed by atoms with Crippen molar-refractivity contribution in [2.45, 2.75) is 13.0 Å². The highest BCUT2D eigenvalue weighted by atomic mass is 19.1. The summed E-state index contributed by atoms with van der Waals surface area (Å²) in [6, 6.07) is -0.242. The number of hydrogen-bond acceptors (Lipinski definition) is 3. The minimum absolute atomic E-state index is 0.344. The van der Waals surface area contributed by atoms with Crippen molar-refractivity contribution in [3.8, 4) is 5.75 Å². The van der Waals surface area contributed by atoms with Crippen LogP contribution in [-0.2, 0) is 9.59 Å². The molecule has 0 saturated carbocycles. The molecule has 5 nitrogen and oxygen atoms in total. The van der Waals surface area contributed by atoms with Crippen LogP contribution in [0.25, 0.3) is 0 Å². The van der Waals surface area contributed by atoms with E-state index >= 15 is 0 Å². The number of carboxylic acids is 1. The Bertz CT molecular complexity index is 490. The molecule has 0 aliphatic rings. The molecule has 0 aliphatic heterocycles. The van der Waals surface area contributed by atoms with Crippen LogP contribution in [0, 0.1) is 11.6 Å². The van der Waals surface area contributed by atoms with Crippen LogP contribution in [0.2, 0.25) is 0 Å². The number of benzene rings is 1. The zero-order valence-corrected chi connectivity index (χ0v) is 9.66. The zero-order chi connectivity index (χ0) is 13.9. The van der Waals surface area contributed by atoms with E-state index in [1.807, 2.05) is 5.32 Å². The number of methoxy groups -OCH3 is 1. The highest BCUT2D eigenvalue weighted by Crippen LogP contribution is 2.25. The Labute approximate surface area is 101 Å². The number of nitrogens with one attached hydrogen (secondary N) is 1. The van der Waals surface area contributed by atoms with E-state index in [4.69, 9.17) is 5.11 Å². The van der Waals surface area contributed by atoms with Gasteiger partial charge in [0.2, 0.25) is 5.91 Å². The lowest BCUT2D eigenvalue weighted by Gasteiger charge is -2.15. The topological polar surface area (TPSA) is 75.6 Å². The standard InChI is InChI=1S/C11H11F2NO4/c1-5(15)14-10(11(16)17)6-3-8(13)9(18-2)4-7(6)12/h3-4,10H,1-2H3,(H,14,15)(H,16,17). The first-order valence-corrected chi connectivity index (χ1v) is 4.89. The number of amides is 1. The van der Waals surface area contributed by atoms with Crippen LogP contribution in [0.4, 0.5) is 8.78 Å². The van der Waals surface area contributed by atoms with Gasteiger partial charge in [-0.25, -0.2) is 13.6 Å². The van der Waals surface area contributed by atoms with Crippen LogP contribution >= 0.6 is 0 Å². The van der Waals surface area contributed by atoms with Crippen molar-refractivity contribution in [2.24, 2.45) is 0 Å². The molecule has 0 heterocycles. The van der Waals surface area contributed by atoms with Crippen molar-refractivity contribution in [3.05, 3.63) is 29.3 Å². The quantitative estimate of drug-likeness (QED) is 0.852. The fourth-order valence-electron chi connectivity index (χ4n) is 1.40. The van der Waals surface area contributed by atoms with E-state index in [1.165, 1.54) is 0 Å². The molecule has 98 valence electrons. The zero-order valence-electron chi connectivity index (χ0n) is 9.66. The Hall–Kier alpha value is -2.18. The van der Waals surface area contributed by atoms with E-state index < -0.39 is 35.1 Å². The Kier molecular flexibility index (Phi) is 4.19. The molecule has 2 N–H and O–H groups in total. The number of carbonyl (C=O) groups excluding carboxylic acids is 1. The van der Waals surface area contributed by atoms with Gasteiger partial charge >= 0.3 is 5.97 Å². The van der Waals surface area contributed by atoms with Crippen LogP contribution < -0.4 is 10.1 Å². The smallest absolute Gasteiger partial charge is 0.331 e. The number of halogens is 2. The molecule has 1 unspecified atom stereocenters. The first-order chi connectivity index (χ1) is 8.36. The van der Waals surface area contributed by atoms with Crippen LogP contribution in [0.5, 0.6) is 5.75 Å². The van der Waals surface area contributed by atoms with Gasteiger partial charge in [0.1, 0.15) is 5.82 Å². The summed E-state index contributed by atoms with van der Waals surface area (Å²) < 4.78 is 31.6. The number of ether oxygens (including phenoxy) is 1. The van der Waals surface area contributed by atoms with Gasteiger partial charge in [0.15, 0.2) is 17.6 Å². The minimum atomic E-state index is -1.65. The average Bonchev–Trinajstić information content (AvgIpc) is 2.28. The lowest BCUT2D eigenvalue weighted by Crippen LogP contribution is -2.32. The molecule has 1 aromatic rings. The number of hydrogen-bond donors (Lipinski definition) is 2. The van der Waals surface area contributed by atoms with Crippen molar-refractivity contribution < 1.29 is 28.2 Å². The largest absolute Gasteiger partial charge is 0.494 e. The molecule has 7 heteroatoms. The van der Waals surface area contributed by atoms with Gasteiger partial charge in [0.05, 0.1) is 7.11 Å². The van der Waals surface area contributed by atoms with Crippen LogP contribution in [0.1, 0.15) is 18.5 Å². The number of aliphatic carboxylic acids is 1. The second-order valence-electron chi connectivity index (χ2n) is 3.48. The van der Waals surface area contributed by atoms with Gasteiger partial charge in [-0.05, 0) is 6.07 Å². The van der Waals surface area contributed by atoms with Crippen molar-refractivity contribution in [1.82, 2.24) is 5.32 Å². The molecule has 1 aromatic carbocycles. The van der Waals surface area contributed by atoms with Gasteiger partial charge in [-0.1, -0.05) is 0 Å². The molecule has 18 heavy (non-hydrogen) atoms. The van der Waals surface area contributed by atoms with Crippen LogP contribution in [0.3, 0.4) is 0 Å². The van der Waals surface area contributed by atoms with E-state index in [9.17, 15) is 18.4 Å². The third-order valence-electron chi connectivity index (χ3n) is 2.18. The van der Waals surface area contributed by atoms with Gasteiger partial charge in [-0.15, -0.1) is 0 Å². The fourth-order valence-corrected chi connectivity index (χ4v) is 1.40. The summed E-state index contributed by atoms with van der Waals surface area (Å²) in [4.78, 5) is 21.8. The molecule has 0 saturated heterocycles. The summed E-state index contributed by atoms with van der Waals surface area (Å²) in [6.45, 7) is 1.08. The second-order valence-corrected chi connectivity index (χ2v) is 3.48. The predicted octanol–water partition coefficient (Wildman–Crippen LogP) is 1.24. The maximum absolute atomic E-state index is 13.6. The summed E-state index contributed by atoms with van der Waals surface area (Å²) >= 11 is 0. The Morgan fingerprint density at radius 2 is 1.94 bits per heavy atom. The lowest BCUT2D eigenvalue weighted by molar-refractivity contribution is -0.141. The SMILES string of the molecule is COc1cc(F)c(C(NC(C)=O)C(=O)O)cc1F. The maximum atomic E-state index is 13.6. The molecule has 1 amide bonds. The number of rotatable bonds is 4. The molecule has 0 fully saturated rings. The molecule has 0 aromatic heterocycles. The van der Waals surface area contributed by atoms with E-state index in [0.29, 0.717) is 6.07 Å². The van der Waals surface area contributed by atoms with Crippen molar-refractivity contribution >= 4 is 11.9 Å². The predicted molar refractivity (Wildman–Crippen MR) is 57.1 cm³/mol. The molecular weight excluding hydrogens is 248 g/mol. The molecule has 0 spiro atoms. The van der Waals surface area contributed by atoms with Gasteiger partial charge in [0, 0.05) is 18.6 Å². The maximum Gasteiger partial charge on any atom is 0.331 e. The first kappa shape index (κ1) is 13.9. The van der Waals surface area contributed by atoms with Crippen LogP contribution in [-0.4, -0.2) is 24.1 Å². The third-order valence-corrected chi connectivity index (χ3v) is 2.18. The highest BCUT2D eigenvalue weighted by molar-refractivity contribution is 5.83. The average molecular weight is 259 g/mol. The fraction of sp³-hybridized carbons (Fsp3) is 0.273. The van der Waals surface area contributed by atoms with Gasteiger partial charge < -0.3 is 15.2 Å². The lowest BCUT2D eigenvalue weighted by atomic mass is 10.1. The number of carboxylic acid groups (broad SMARTS) is 1. The Morgan fingerprint density at radius 3 is 2.39 bits per heavy atom. The minimum Gasteiger partial charge on any atom is -0.494 e. The summed E-state index contributed by atoms with van der Waals surface area (Å²) in [6.07, 6.45) is 0. The first-order valence-electron chi connectivity index (χ1n) is 4.89. The molecule has 1 rings (SSSR count). The molecule has 1 atom stereocenters. The third kappa shape index (κ3) is 2.93. The Balaban J connectivity index is 3.24. The van der Waals surface area contributed by atoms with Crippen molar-refractivity contribution in [3.63, 3.8) is 0 Å². The van der Waals surface area contributed by atoms with E-state index in [-0.39, 0.29) is 5.75 Å². The van der Waals surface area contributed by atoms with E-state index in [1.54, 1.807) is 0 Å². The van der Waals surface area contributed by atoms with Gasteiger partial charge in [-0.2, -0.15) is 0 Å². The molecular formula is C11H11F2NO4. The Morgan fingerprint density at radius 1 is 1.33 bits per heavy atom. The van der Waals surface area contributed by atoms with E-state index in [0.717, 1.165) is 20.1 Å². The summed E-state index contributed by atoms with van der Waals surface area (Å²) in [5.74, 6) is -4.39. The van der Waals surface area contributed by atoms with Gasteiger partial charge in [-0.3, -0.25) is 4.79 Å². The molecule has 0 radical (unpaired) electrons. The van der Waals surface area contributed by atoms with Gasteiger partial charge in [0.25, 0.3) is 0 Å². The highest BCUT2D eigenvalue weighted by Gasteiger charge is 2.25. The normalized spacial score (nSPS) is 11.8. The summed E-state index contributed by atoms with van der Waals surface area (Å²) in [5, 5.41) is 10.9. The van der Waals surface area contributed by atoms with Crippen LogP contribution in [0.15, 0.2) is 12.1 Å². The molecule has 0 bridgehead atoms. The van der Waals surface area contributed by atoms with E-state index in [2.05, 4.69) is 4.74 Å². The molecule has 0 aliphatic carbocycles. The summed E-state index contributed by atoms with van der Waals surface area (Å²) in [7, 11) is 1.15. The summed E-state index contributed by atoms with van der Waals surface area (Å²) in [5.41, 5.74) is -0.476. The van der Waals surface area contributed by atoms with Crippen molar-refractivity contribution in [2.75, 3.05) is 7.11 Å². The van der Waals surface area contributed by atoms with Crippen molar-refractivity contribution in [1.29, 1.82) is 0 Å². The number of carbonyl (C=O) groups is 2.